The molecule has 0 bridgehead atoms. The first-order valence-corrected chi connectivity index (χ1v) is 7.04. The summed E-state index contributed by atoms with van der Waals surface area (Å²) in [7, 11) is 0. The molecule has 2 aromatic rings. The van der Waals surface area contributed by atoms with Gasteiger partial charge in [0.2, 0.25) is 0 Å². The molecule has 1 aromatic carbocycles. The minimum atomic E-state index is -1.05. The smallest absolute Gasteiger partial charge is 0.326 e. The molecule has 0 aliphatic carbocycles. The van der Waals surface area contributed by atoms with Gasteiger partial charge in [0.25, 0.3) is 5.91 Å². The summed E-state index contributed by atoms with van der Waals surface area (Å²) in [6, 6.07) is 4.15. The van der Waals surface area contributed by atoms with Crippen LogP contribution in [-0.4, -0.2) is 23.0 Å². The normalized spacial score (nSPS) is 12.3. The Hall–Kier alpha value is -2.01. The van der Waals surface area contributed by atoms with E-state index in [-0.39, 0.29) is 5.76 Å². The number of carbonyl (C=O) groups excluding carboxylic acids is 1. The molecule has 0 spiro atoms. The Morgan fingerprint density at radius 3 is 2.76 bits per heavy atom. The van der Waals surface area contributed by atoms with Gasteiger partial charge in [0.15, 0.2) is 5.76 Å². The molecule has 0 saturated heterocycles. The molecule has 1 aromatic heterocycles. The monoisotopic (exact) mass is 309 g/mol. The highest BCUT2D eigenvalue weighted by Crippen LogP contribution is 2.27. The first-order chi connectivity index (χ1) is 9.93. The minimum absolute atomic E-state index is 0.120. The highest BCUT2D eigenvalue weighted by atomic mass is 35.5. The fraction of sp³-hybridized carbons (Fsp3) is 0.333. The average molecular weight is 310 g/mol. The summed E-state index contributed by atoms with van der Waals surface area (Å²) >= 11 is 5.93. The van der Waals surface area contributed by atoms with E-state index in [0.29, 0.717) is 29.0 Å². The highest BCUT2D eigenvalue weighted by Gasteiger charge is 2.24. The van der Waals surface area contributed by atoms with Gasteiger partial charge in [0.05, 0.1) is 0 Å². The molecule has 2 rings (SSSR count). The molecule has 1 atom stereocenters. The SMILES string of the molecule is CCCC(NC(=O)c1oc2ccc(Cl)cc2c1C)C(=O)O. The standard InChI is InChI=1S/C15H16ClNO4/c1-3-4-11(15(19)20)17-14(18)13-8(2)10-7-9(16)5-6-12(10)21-13/h5-7,11H,3-4H2,1-2H3,(H,17,18)(H,19,20). The van der Waals surface area contributed by atoms with Gasteiger partial charge in [-0.25, -0.2) is 4.79 Å². The predicted molar refractivity (Wildman–Crippen MR) is 79.8 cm³/mol. The van der Waals surface area contributed by atoms with Crippen molar-refractivity contribution in [3.05, 3.63) is 34.5 Å². The van der Waals surface area contributed by atoms with Gasteiger partial charge in [-0.2, -0.15) is 0 Å². The van der Waals surface area contributed by atoms with Crippen LogP contribution < -0.4 is 5.32 Å². The molecular formula is C15H16ClNO4. The van der Waals surface area contributed by atoms with Gasteiger partial charge in [0, 0.05) is 16.0 Å². The van der Waals surface area contributed by atoms with Crippen molar-refractivity contribution >= 4 is 34.4 Å². The lowest BCUT2D eigenvalue weighted by Crippen LogP contribution is -2.40. The molecule has 21 heavy (non-hydrogen) atoms. The maximum atomic E-state index is 12.2. The van der Waals surface area contributed by atoms with E-state index in [4.69, 9.17) is 21.1 Å². The number of rotatable bonds is 5. The fourth-order valence-electron chi connectivity index (χ4n) is 2.18. The summed E-state index contributed by atoms with van der Waals surface area (Å²) in [6.45, 7) is 3.60. The lowest BCUT2D eigenvalue weighted by molar-refractivity contribution is -0.139. The number of aliphatic carboxylic acids is 1. The van der Waals surface area contributed by atoms with Crippen LogP contribution in [0.1, 0.15) is 35.9 Å². The second kappa shape index (κ2) is 6.18. The van der Waals surface area contributed by atoms with Gasteiger partial charge in [0.1, 0.15) is 11.6 Å². The molecule has 0 saturated carbocycles. The van der Waals surface area contributed by atoms with E-state index in [1.54, 1.807) is 25.1 Å². The topological polar surface area (TPSA) is 79.5 Å². The Labute approximate surface area is 126 Å². The van der Waals surface area contributed by atoms with Gasteiger partial charge < -0.3 is 14.8 Å². The van der Waals surface area contributed by atoms with Crippen molar-refractivity contribution in [3.8, 4) is 0 Å². The predicted octanol–water partition coefficient (Wildman–Crippen LogP) is 3.38. The molecule has 0 radical (unpaired) electrons. The molecule has 1 amide bonds. The Bertz CT molecular complexity index is 692. The van der Waals surface area contributed by atoms with Crippen LogP contribution in [0.25, 0.3) is 11.0 Å². The maximum absolute atomic E-state index is 12.2. The molecule has 1 heterocycles. The number of amides is 1. The van der Waals surface area contributed by atoms with E-state index in [2.05, 4.69) is 5.32 Å². The summed E-state index contributed by atoms with van der Waals surface area (Å²) in [6.07, 6.45) is 1.03. The van der Waals surface area contributed by atoms with E-state index in [0.717, 1.165) is 5.39 Å². The molecule has 112 valence electrons. The quantitative estimate of drug-likeness (QED) is 0.887. The van der Waals surface area contributed by atoms with Gasteiger partial charge in [-0.3, -0.25) is 4.79 Å². The summed E-state index contributed by atoms with van der Waals surface area (Å²) in [5.74, 6) is -1.46. The number of fused-ring (bicyclic) bond motifs is 1. The zero-order valence-electron chi connectivity index (χ0n) is 11.8. The zero-order valence-corrected chi connectivity index (χ0v) is 12.5. The number of furan rings is 1. The first-order valence-electron chi connectivity index (χ1n) is 6.66. The van der Waals surface area contributed by atoms with Crippen LogP contribution in [-0.2, 0) is 4.79 Å². The van der Waals surface area contributed by atoms with Gasteiger partial charge >= 0.3 is 5.97 Å². The number of carboxylic acids is 1. The Kier molecular flexibility index (Phi) is 4.53. The Balaban J connectivity index is 2.31. The maximum Gasteiger partial charge on any atom is 0.326 e. The molecular weight excluding hydrogens is 294 g/mol. The molecule has 0 aliphatic heterocycles. The molecule has 1 unspecified atom stereocenters. The largest absolute Gasteiger partial charge is 0.480 e. The van der Waals surface area contributed by atoms with Crippen LogP contribution in [0.3, 0.4) is 0 Å². The van der Waals surface area contributed by atoms with Crippen molar-refractivity contribution in [2.24, 2.45) is 0 Å². The number of carboxylic acid groups (broad SMARTS) is 1. The lowest BCUT2D eigenvalue weighted by atomic mass is 10.1. The molecule has 6 heteroatoms. The summed E-state index contributed by atoms with van der Waals surface area (Å²) in [4.78, 5) is 23.3. The fourth-order valence-corrected chi connectivity index (χ4v) is 2.35. The highest BCUT2D eigenvalue weighted by molar-refractivity contribution is 6.31. The lowest BCUT2D eigenvalue weighted by Gasteiger charge is -2.12. The molecule has 2 N–H and O–H groups in total. The van der Waals surface area contributed by atoms with Crippen molar-refractivity contribution < 1.29 is 19.1 Å². The van der Waals surface area contributed by atoms with Gasteiger partial charge in [-0.15, -0.1) is 0 Å². The van der Waals surface area contributed by atoms with Crippen molar-refractivity contribution in [3.63, 3.8) is 0 Å². The van der Waals surface area contributed by atoms with Crippen LogP contribution in [0, 0.1) is 6.92 Å². The van der Waals surface area contributed by atoms with Crippen LogP contribution >= 0.6 is 11.6 Å². The third-order valence-electron chi connectivity index (χ3n) is 3.29. The van der Waals surface area contributed by atoms with Gasteiger partial charge in [-0.05, 0) is 31.5 Å². The van der Waals surface area contributed by atoms with Crippen LogP contribution in [0.5, 0.6) is 0 Å². The number of halogens is 1. The number of aryl methyl sites for hydroxylation is 1. The molecule has 0 aliphatic rings. The van der Waals surface area contributed by atoms with Crippen molar-refractivity contribution in [1.82, 2.24) is 5.32 Å². The summed E-state index contributed by atoms with van der Waals surface area (Å²) in [5, 5.41) is 12.9. The molecule has 5 nitrogen and oxygen atoms in total. The second-order valence-electron chi connectivity index (χ2n) is 4.85. The van der Waals surface area contributed by atoms with Crippen molar-refractivity contribution in [2.75, 3.05) is 0 Å². The second-order valence-corrected chi connectivity index (χ2v) is 5.29. The van der Waals surface area contributed by atoms with Crippen LogP contribution in [0.15, 0.2) is 22.6 Å². The zero-order chi connectivity index (χ0) is 15.6. The summed E-state index contributed by atoms with van der Waals surface area (Å²) in [5.41, 5.74) is 1.19. The van der Waals surface area contributed by atoms with Gasteiger partial charge in [-0.1, -0.05) is 24.9 Å². The number of carbonyl (C=O) groups is 2. The number of hydrogen-bond acceptors (Lipinski definition) is 3. The number of benzene rings is 1. The van der Waals surface area contributed by atoms with Crippen molar-refractivity contribution in [2.45, 2.75) is 32.7 Å². The van der Waals surface area contributed by atoms with Crippen LogP contribution in [0.2, 0.25) is 5.02 Å². The first kappa shape index (κ1) is 15.4. The van der Waals surface area contributed by atoms with Crippen LogP contribution in [0.4, 0.5) is 0 Å². The number of hydrogen-bond donors (Lipinski definition) is 2. The van der Waals surface area contributed by atoms with E-state index >= 15 is 0 Å². The molecule has 0 fully saturated rings. The third-order valence-corrected chi connectivity index (χ3v) is 3.52. The number of nitrogens with one attached hydrogen (secondary N) is 1. The Morgan fingerprint density at radius 2 is 2.14 bits per heavy atom. The van der Waals surface area contributed by atoms with E-state index in [1.165, 1.54) is 0 Å². The Morgan fingerprint density at radius 1 is 1.43 bits per heavy atom. The third kappa shape index (κ3) is 3.19. The van der Waals surface area contributed by atoms with E-state index in [9.17, 15) is 9.59 Å². The minimum Gasteiger partial charge on any atom is -0.480 e. The summed E-state index contributed by atoms with van der Waals surface area (Å²) < 4.78 is 5.51. The van der Waals surface area contributed by atoms with E-state index < -0.39 is 17.9 Å². The average Bonchev–Trinajstić information content (AvgIpc) is 2.75. The van der Waals surface area contributed by atoms with E-state index in [1.807, 2.05) is 6.92 Å². The van der Waals surface area contributed by atoms with Crippen molar-refractivity contribution in [1.29, 1.82) is 0 Å².